The van der Waals surface area contributed by atoms with Crippen LogP contribution in [0.4, 0.5) is 0 Å². The van der Waals surface area contributed by atoms with Crippen LogP contribution in [0.1, 0.15) is 21.6 Å². The number of aryl methyl sites for hydroxylation is 1. The molecule has 0 aliphatic carbocycles. The number of aromatic carboxylic acids is 1. The highest BCUT2D eigenvalue weighted by atomic mass is 16.4. The predicted octanol–water partition coefficient (Wildman–Crippen LogP) is 0.644. The lowest BCUT2D eigenvalue weighted by Gasteiger charge is -2.05. The van der Waals surface area contributed by atoms with E-state index in [1.807, 2.05) is 25.1 Å². The van der Waals surface area contributed by atoms with Gasteiger partial charge in [-0.2, -0.15) is 0 Å². The quantitative estimate of drug-likeness (QED) is 0.813. The number of nitrogens with zero attached hydrogens (tertiary/aromatic N) is 3. The van der Waals surface area contributed by atoms with Crippen molar-refractivity contribution in [3.63, 3.8) is 0 Å². The lowest BCUT2D eigenvalue weighted by Crippen LogP contribution is -2.29. The van der Waals surface area contributed by atoms with Crippen molar-refractivity contribution >= 4 is 11.9 Å². The van der Waals surface area contributed by atoms with Gasteiger partial charge in [0.1, 0.15) is 6.54 Å². The summed E-state index contributed by atoms with van der Waals surface area (Å²) >= 11 is 0. The fourth-order valence-electron chi connectivity index (χ4n) is 1.89. The van der Waals surface area contributed by atoms with E-state index in [-0.39, 0.29) is 18.1 Å². The Hall–Kier alpha value is -2.70. The van der Waals surface area contributed by atoms with Gasteiger partial charge in [0.2, 0.25) is 5.91 Å². The Bertz CT molecular complexity index is 651. The highest BCUT2D eigenvalue weighted by Crippen LogP contribution is 2.03. The number of carboxylic acids is 1. The topological polar surface area (TPSA) is 97.1 Å². The van der Waals surface area contributed by atoms with Crippen molar-refractivity contribution in [1.82, 2.24) is 20.3 Å². The van der Waals surface area contributed by atoms with Crippen LogP contribution in [0.5, 0.6) is 0 Å². The second-order valence-electron chi connectivity index (χ2n) is 4.70. The molecule has 2 N–H and O–H groups in total. The van der Waals surface area contributed by atoms with Crippen LogP contribution in [0, 0.1) is 6.92 Å². The van der Waals surface area contributed by atoms with Gasteiger partial charge in [0, 0.05) is 6.54 Å². The van der Waals surface area contributed by atoms with E-state index in [2.05, 4.69) is 21.7 Å². The van der Waals surface area contributed by atoms with E-state index in [4.69, 9.17) is 5.11 Å². The van der Waals surface area contributed by atoms with E-state index in [0.717, 1.165) is 12.0 Å². The Kier molecular flexibility index (Phi) is 4.65. The summed E-state index contributed by atoms with van der Waals surface area (Å²) in [5.41, 5.74) is 2.16. The zero-order chi connectivity index (χ0) is 15.2. The smallest absolute Gasteiger partial charge is 0.358 e. The summed E-state index contributed by atoms with van der Waals surface area (Å²) < 4.78 is 1.20. The Morgan fingerprint density at radius 1 is 1.38 bits per heavy atom. The fraction of sp³-hybridized carbons (Fsp3) is 0.286. The number of hydrogen-bond acceptors (Lipinski definition) is 4. The molecule has 7 heteroatoms. The molecule has 0 fully saturated rings. The summed E-state index contributed by atoms with van der Waals surface area (Å²) in [6.07, 6.45) is 1.97. The van der Waals surface area contributed by atoms with Crippen LogP contribution in [0.2, 0.25) is 0 Å². The van der Waals surface area contributed by atoms with Gasteiger partial charge in [-0.25, -0.2) is 9.48 Å². The van der Waals surface area contributed by atoms with Gasteiger partial charge in [0.05, 0.1) is 6.20 Å². The summed E-state index contributed by atoms with van der Waals surface area (Å²) in [5, 5.41) is 18.5. The van der Waals surface area contributed by atoms with Gasteiger partial charge in [-0.1, -0.05) is 35.0 Å². The number of carbonyl (C=O) groups excluding carboxylic acids is 1. The van der Waals surface area contributed by atoms with Crippen molar-refractivity contribution in [2.75, 3.05) is 6.54 Å². The third kappa shape index (κ3) is 4.41. The first kappa shape index (κ1) is 14.7. The summed E-state index contributed by atoms with van der Waals surface area (Å²) in [6, 6.07) is 8.08. The Labute approximate surface area is 121 Å². The fourth-order valence-corrected chi connectivity index (χ4v) is 1.89. The molecule has 2 aromatic rings. The van der Waals surface area contributed by atoms with Crippen molar-refractivity contribution in [1.29, 1.82) is 0 Å². The van der Waals surface area contributed by atoms with Gasteiger partial charge in [0.15, 0.2) is 5.69 Å². The number of hydrogen-bond donors (Lipinski definition) is 2. The molecule has 0 saturated heterocycles. The van der Waals surface area contributed by atoms with Crippen molar-refractivity contribution in [3.05, 3.63) is 47.3 Å². The van der Waals surface area contributed by atoms with Crippen LogP contribution < -0.4 is 5.32 Å². The third-order valence-corrected chi connectivity index (χ3v) is 2.88. The predicted molar refractivity (Wildman–Crippen MR) is 74.9 cm³/mol. The maximum atomic E-state index is 11.7. The molecule has 0 unspecified atom stereocenters. The molecule has 0 aliphatic rings. The Morgan fingerprint density at radius 3 is 2.86 bits per heavy atom. The molecule has 1 heterocycles. The molecule has 21 heavy (non-hydrogen) atoms. The number of carbonyl (C=O) groups is 2. The molecule has 110 valence electrons. The van der Waals surface area contributed by atoms with Crippen molar-refractivity contribution in [3.8, 4) is 0 Å². The monoisotopic (exact) mass is 288 g/mol. The van der Waals surface area contributed by atoms with Crippen LogP contribution in [0.15, 0.2) is 30.5 Å². The molecule has 7 nitrogen and oxygen atoms in total. The minimum absolute atomic E-state index is 0.0475. The van der Waals surface area contributed by atoms with E-state index < -0.39 is 5.97 Å². The van der Waals surface area contributed by atoms with E-state index in [1.54, 1.807) is 0 Å². The Balaban J connectivity index is 1.78. The summed E-state index contributed by atoms with van der Waals surface area (Å²) in [4.78, 5) is 22.3. The molecule has 0 spiro atoms. The number of aromatic nitrogens is 3. The summed E-state index contributed by atoms with van der Waals surface area (Å²) in [6.45, 7) is 2.49. The van der Waals surface area contributed by atoms with Gasteiger partial charge in [-0.05, 0) is 18.9 Å². The number of rotatable bonds is 6. The highest BCUT2D eigenvalue weighted by Gasteiger charge is 2.10. The first-order chi connectivity index (χ1) is 10.0. The maximum Gasteiger partial charge on any atom is 0.358 e. The number of amides is 1. The van der Waals surface area contributed by atoms with Gasteiger partial charge in [-0.15, -0.1) is 5.10 Å². The SMILES string of the molecule is Cc1cccc(CCNC(=O)Cn2cc(C(=O)O)nn2)c1. The van der Waals surface area contributed by atoms with E-state index in [9.17, 15) is 9.59 Å². The third-order valence-electron chi connectivity index (χ3n) is 2.88. The highest BCUT2D eigenvalue weighted by molar-refractivity contribution is 5.84. The number of carboxylic acid groups (broad SMARTS) is 1. The second kappa shape index (κ2) is 6.65. The second-order valence-corrected chi connectivity index (χ2v) is 4.70. The molecule has 1 aromatic heterocycles. The van der Waals surface area contributed by atoms with Crippen LogP contribution in [-0.2, 0) is 17.8 Å². The summed E-state index contributed by atoms with van der Waals surface area (Å²) in [5.74, 6) is -1.40. The van der Waals surface area contributed by atoms with E-state index in [1.165, 1.54) is 16.4 Å². The van der Waals surface area contributed by atoms with Crippen LogP contribution in [0.25, 0.3) is 0 Å². The molecule has 0 atom stereocenters. The average Bonchev–Trinajstić information content (AvgIpc) is 2.87. The molecule has 0 aliphatic heterocycles. The van der Waals surface area contributed by atoms with Crippen LogP contribution >= 0.6 is 0 Å². The minimum atomic E-state index is -1.17. The first-order valence-corrected chi connectivity index (χ1v) is 6.50. The van der Waals surface area contributed by atoms with Crippen LogP contribution in [0.3, 0.4) is 0 Å². The molecule has 2 rings (SSSR count). The molecule has 0 radical (unpaired) electrons. The molecular formula is C14H16N4O3. The molecule has 0 saturated carbocycles. The van der Waals surface area contributed by atoms with E-state index in [0.29, 0.717) is 6.54 Å². The molecule has 1 aromatic carbocycles. The average molecular weight is 288 g/mol. The van der Waals surface area contributed by atoms with Crippen molar-refractivity contribution < 1.29 is 14.7 Å². The molecule has 1 amide bonds. The first-order valence-electron chi connectivity index (χ1n) is 6.50. The van der Waals surface area contributed by atoms with Crippen molar-refractivity contribution in [2.45, 2.75) is 19.9 Å². The van der Waals surface area contributed by atoms with Gasteiger partial charge in [-0.3, -0.25) is 4.79 Å². The maximum absolute atomic E-state index is 11.7. The zero-order valence-corrected chi connectivity index (χ0v) is 11.6. The minimum Gasteiger partial charge on any atom is -0.476 e. The lowest BCUT2D eigenvalue weighted by atomic mass is 10.1. The van der Waals surface area contributed by atoms with Crippen molar-refractivity contribution in [2.24, 2.45) is 0 Å². The Morgan fingerprint density at radius 2 is 2.19 bits per heavy atom. The molecular weight excluding hydrogens is 272 g/mol. The summed E-state index contributed by atoms with van der Waals surface area (Å²) in [7, 11) is 0. The standard InChI is InChI=1S/C14H16N4O3/c1-10-3-2-4-11(7-10)5-6-15-13(19)9-18-8-12(14(20)21)16-17-18/h2-4,7-8H,5-6,9H2,1H3,(H,15,19)(H,20,21). The number of benzene rings is 1. The largest absolute Gasteiger partial charge is 0.476 e. The van der Waals surface area contributed by atoms with E-state index >= 15 is 0 Å². The van der Waals surface area contributed by atoms with Gasteiger partial charge in [0.25, 0.3) is 0 Å². The normalized spacial score (nSPS) is 10.3. The molecule has 0 bridgehead atoms. The zero-order valence-electron chi connectivity index (χ0n) is 11.6. The van der Waals surface area contributed by atoms with Gasteiger partial charge >= 0.3 is 5.97 Å². The van der Waals surface area contributed by atoms with Gasteiger partial charge < -0.3 is 10.4 Å². The van der Waals surface area contributed by atoms with Crippen LogP contribution in [-0.4, -0.2) is 38.5 Å². The number of nitrogens with one attached hydrogen (secondary N) is 1. The lowest BCUT2D eigenvalue weighted by molar-refractivity contribution is -0.121.